The lowest BCUT2D eigenvalue weighted by molar-refractivity contribution is 0.0727. The lowest BCUT2D eigenvalue weighted by Gasteiger charge is -2.08. The van der Waals surface area contributed by atoms with Gasteiger partial charge in [-0.25, -0.2) is 27.6 Å². The van der Waals surface area contributed by atoms with Crippen LogP contribution in [0.5, 0.6) is 5.75 Å². The Morgan fingerprint density at radius 1 is 1.10 bits per heavy atom. The third-order valence-electron chi connectivity index (χ3n) is 3.80. The monoisotopic (exact) mass is 454 g/mol. The first-order valence-electron chi connectivity index (χ1n) is 8.14. The number of ether oxygens (including phenoxy) is 1. The molecule has 0 aliphatic rings. The number of benzene rings is 2. The molecule has 0 saturated carbocycles. The molecule has 6 nitrogen and oxygen atoms in total. The molecule has 0 radical (unpaired) electrons. The van der Waals surface area contributed by atoms with Crippen LogP contribution in [0.25, 0.3) is 0 Å². The number of hydrogen-bond acceptors (Lipinski definition) is 6. The Morgan fingerprint density at radius 2 is 1.79 bits per heavy atom. The fourth-order valence-electron chi connectivity index (χ4n) is 2.34. The Hall–Kier alpha value is -2.55. The lowest BCUT2D eigenvalue weighted by atomic mass is 10.2. The van der Waals surface area contributed by atoms with E-state index >= 15 is 0 Å². The minimum Gasteiger partial charge on any atom is -0.422 e. The van der Waals surface area contributed by atoms with Crippen LogP contribution in [0.1, 0.15) is 21.6 Å². The van der Waals surface area contributed by atoms with E-state index in [1.807, 2.05) is 0 Å². The molecule has 2 aromatic carbocycles. The number of esters is 1. The molecule has 0 fully saturated rings. The van der Waals surface area contributed by atoms with E-state index in [2.05, 4.69) is 9.97 Å². The van der Waals surface area contributed by atoms with E-state index in [1.165, 1.54) is 18.2 Å². The highest BCUT2D eigenvalue weighted by atomic mass is 35.5. The van der Waals surface area contributed by atoms with Gasteiger partial charge >= 0.3 is 5.97 Å². The van der Waals surface area contributed by atoms with E-state index in [0.717, 1.165) is 18.3 Å². The first kappa shape index (κ1) is 21.2. The molecule has 150 valence electrons. The second-order valence-corrected chi connectivity index (χ2v) is 8.73. The SMILES string of the molecule is Cc1cc(OC(=O)c2nc(S(=O)(=O)Cc3ccc(F)cc3)ncc2Cl)ccc1Cl. The number of aryl methyl sites for hydroxylation is 1. The van der Waals surface area contributed by atoms with Gasteiger partial charge in [-0.3, -0.25) is 0 Å². The quantitative estimate of drug-likeness (QED) is 0.322. The van der Waals surface area contributed by atoms with E-state index in [9.17, 15) is 17.6 Å². The molecule has 3 rings (SSSR count). The zero-order valence-corrected chi connectivity index (χ0v) is 17.2. The number of hydrogen-bond donors (Lipinski definition) is 0. The molecule has 1 heterocycles. The summed E-state index contributed by atoms with van der Waals surface area (Å²) < 4.78 is 43.4. The van der Waals surface area contributed by atoms with E-state index in [4.69, 9.17) is 27.9 Å². The Labute approximate surface area is 176 Å². The van der Waals surface area contributed by atoms with E-state index in [0.29, 0.717) is 16.1 Å². The smallest absolute Gasteiger partial charge is 0.364 e. The van der Waals surface area contributed by atoms with Gasteiger partial charge in [0.25, 0.3) is 0 Å². The molecule has 0 unspecified atom stereocenters. The number of halogens is 3. The molecule has 3 aromatic rings. The molecular weight excluding hydrogens is 442 g/mol. The van der Waals surface area contributed by atoms with Crippen molar-refractivity contribution in [3.05, 3.63) is 81.3 Å². The van der Waals surface area contributed by atoms with Crippen LogP contribution in [0.2, 0.25) is 10.0 Å². The highest BCUT2D eigenvalue weighted by molar-refractivity contribution is 7.90. The van der Waals surface area contributed by atoms with Gasteiger partial charge < -0.3 is 4.74 Å². The van der Waals surface area contributed by atoms with Crippen molar-refractivity contribution in [1.82, 2.24) is 9.97 Å². The number of sulfone groups is 1. The largest absolute Gasteiger partial charge is 0.422 e. The third-order valence-corrected chi connectivity index (χ3v) is 5.97. The average Bonchev–Trinajstić information content (AvgIpc) is 2.66. The topological polar surface area (TPSA) is 86.2 Å². The Kier molecular flexibility index (Phi) is 6.16. The third kappa shape index (κ3) is 5.09. The normalized spacial score (nSPS) is 11.3. The van der Waals surface area contributed by atoms with Gasteiger partial charge in [-0.1, -0.05) is 35.3 Å². The van der Waals surface area contributed by atoms with Gasteiger partial charge in [-0.15, -0.1) is 0 Å². The average molecular weight is 455 g/mol. The summed E-state index contributed by atoms with van der Waals surface area (Å²) in [5.74, 6) is -1.71. The Bertz CT molecular complexity index is 1190. The maximum absolute atomic E-state index is 13.0. The predicted molar refractivity (Wildman–Crippen MR) is 105 cm³/mol. The number of rotatable bonds is 5. The molecular formula is C19H13Cl2FN2O4S. The molecule has 0 aliphatic carbocycles. The van der Waals surface area contributed by atoms with Crippen LogP contribution >= 0.6 is 23.2 Å². The Morgan fingerprint density at radius 3 is 2.45 bits per heavy atom. The van der Waals surface area contributed by atoms with Gasteiger partial charge in [-0.2, -0.15) is 0 Å². The number of nitrogens with zero attached hydrogens (tertiary/aromatic N) is 2. The zero-order valence-electron chi connectivity index (χ0n) is 14.9. The molecule has 0 aliphatic heterocycles. The summed E-state index contributed by atoms with van der Waals surface area (Å²) >= 11 is 11.9. The second-order valence-electron chi connectivity index (χ2n) is 6.04. The van der Waals surface area contributed by atoms with Crippen molar-refractivity contribution >= 4 is 39.0 Å². The van der Waals surface area contributed by atoms with Gasteiger partial charge in [0.05, 0.1) is 17.0 Å². The first-order valence-corrected chi connectivity index (χ1v) is 10.5. The highest BCUT2D eigenvalue weighted by Gasteiger charge is 2.24. The van der Waals surface area contributed by atoms with Crippen molar-refractivity contribution in [2.75, 3.05) is 0 Å². The number of carbonyl (C=O) groups excluding carboxylic acids is 1. The van der Waals surface area contributed by atoms with Crippen LogP contribution in [0.15, 0.2) is 53.8 Å². The van der Waals surface area contributed by atoms with Crippen molar-refractivity contribution in [3.63, 3.8) is 0 Å². The van der Waals surface area contributed by atoms with Crippen molar-refractivity contribution in [2.24, 2.45) is 0 Å². The molecule has 29 heavy (non-hydrogen) atoms. The van der Waals surface area contributed by atoms with Gasteiger partial charge in [0.1, 0.15) is 11.6 Å². The van der Waals surface area contributed by atoms with Crippen LogP contribution in [-0.4, -0.2) is 24.4 Å². The number of carbonyl (C=O) groups is 1. The van der Waals surface area contributed by atoms with E-state index < -0.39 is 38.2 Å². The zero-order chi connectivity index (χ0) is 21.2. The van der Waals surface area contributed by atoms with E-state index in [1.54, 1.807) is 19.1 Å². The predicted octanol–water partition coefficient (Wildman–Crippen LogP) is 4.42. The van der Waals surface area contributed by atoms with Crippen molar-refractivity contribution < 1.29 is 22.3 Å². The second kappa shape index (κ2) is 8.44. The standard InChI is InChI=1S/C19H13Cl2FN2O4S/c1-11-8-14(6-7-15(11)20)28-18(25)17-16(21)9-23-19(24-17)29(26,27)10-12-2-4-13(22)5-3-12/h2-9H,10H2,1H3. The fraction of sp³-hybridized carbons (Fsp3) is 0.105. The molecule has 0 bridgehead atoms. The van der Waals surface area contributed by atoms with E-state index in [-0.39, 0.29) is 10.8 Å². The molecule has 1 aromatic heterocycles. The van der Waals surface area contributed by atoms with Crippen LogP contribution in [0.4, 0.5) is 4.39 Å². The van der Waals surface area contributed by atoms with Gasteiger partial charge in [0, 0.05) is 5.02 Å². The molecule has 10 heteroatoms. The van der Waals surface area contributed by atoms with Crippen LogP contribution < -0.4 is 4.74 Å². The minimum atomic E-state index is -4.01. The van der Waals surface area contributed by atoms with Crippen LogP contribution in [-0.2, 0) is 15.6 Å². The first-order chi connectivity index (χ1) is 13.7. The molecule has 0 spiro atoms. The lowest BCUT2D eigenvalue weighted by Crippen LogP contribution is -2.16. The summed E-state index contributed by atoms with van der Waals surface area (Å²) in [5.41, 5.74) is 0.631. The van der Waals surface area contributed by atoms with Crippen molar-refractivity contribution in [3.8, 4) is 5.75 Å². The molecule has 0 atom stereocenters. The van der Waals surface area contributed by atoms with Crippen molar-refractivity contribution in [2.45, 2.75) is 17.8 Å². The maximum Gasteiger partial charge on any atom is 0.364 e. The molecule has 0 saturated heterocycles. The van der Waals surface area contributed by atoms with Crippen LogP contribution in [0, 0.1) is 12.7 Å². The molecule has 0 amide bonds. The summed E-state index contributed by atoms with van der Waals surface area (Å²) in [6, 6.07) is 9.53. The highest BCUT2D eigenvalue weighted by Crippen LogP contribution is 2.23. The number of aromatic nitrogens is 2. The maximum atomic E-state index is 13.0. The van der Waals surface area contributed by atoms with Gasteiger partial charge in [0.15, 0.2) is 5.69 Å². The summed E-state index contributed by atoms with van der Waals surface area (Å²) in [6.07, 6.45) is 1.01. The van der Waals surface area contributed by atoms with Crippen LogP contribution in [0.3, 0.4) is 0 Å². The Balaban J connectivity index is 1.87. The minimum absolute atomic E-state index is 0.165. The molecule has 0 N–H and O–H groups in total. The van der Waals surface area contributed by atoms with Crippen molar-refractivity contribution in [1.29, 1.82) is 0 Å². The summed E-state index contributed by atoms with van der Waals surface area (Å²) in [6.45, 7) is 1.73. The summed E-state index contributed by atoms with van der Waals surface area (Å²) in [5, 5.41) is -0.258. The summed E-state index contributed by atoms with van der Waals surface area (Å²) in [4.78, 5) is 19.9. The van der Waals surface area contributed by atoms with Gasteiger partial charge in [0.2, 0.25) is 15.0 Å². The van der Waals surface area contributed by atoms with Gasteiger partial charge in [-0.05, 0) is 48.4 Å². The summed E-state index contributed by atoms with van der Waals surface area (Å²) in [7, 11) is -4.01. The fourth-order valence-corrected chi connectivity index (χ4v) is 3.83.